The molecule has 0 saturated heterocycles. The third-order valence-corrected chi connectivity index (χ3v) is 6.26. The number of aromatic nitrogens is 1. The van der Waals surface area contributed by atoms with Crippen LogP contribution in [-0.2, 0) is 4.84 Å². The highest BCUT2D eigenvalue weighted by atomic mass is 35.5. The second-order valence-corrected chi connectivity index (χ2v) is 10.4. The van der Waals surface area contributed by atoms with Crippen LogP contribution in [0.1, 0.15) is 85.5 Å². The molecule has 7 heteroatoms. The van der Waals surface area contributed by atoms with Crippen LogP contribution in [0.4, 0.5) is 17.2 Å². The minimum Gasteiger partial charge on any atom is -0.353 e. The van der Waals surface area contributed by atoms with Crippen molar-refractivity contribution in [2.45, 2.75) is 75.2 Å². The Morgan fingerprint density at radius 3 is 2.11 bits per heavy atom. The van der Waals surface area contributed by atoms with Crippen LogP contribution >= 0.6 is 11.6 Å². The Balaban J connectivity index is 0.000000951. The van der Waals surface area contributed by atoms with Gasteiger partial charge in [0.1, 0.15) is 5.82 Å². The summed E-state index contributed by atoms with van der Waals surface area (Å²) in [5.41, 5.74) is 5.89. The van der Waals surface area contributed by atoms with Gasteiger partial charge in [-0.3, -0.25) is 9.63 Å². The molecule has 0 radical (unpaired) electrons. The average Bonchev–Trinajstić information content (AvgIpc) is 2.89. The van der Waals surface area contributed by atoms with Gasteiger partial charge in [-0.05, 0) is 49.3 Å². The number of carbonyl (C=O) groups is 1. The Kier molecular flexibility index (Phi) is 17.8. The van der Waals surface area contributed by atoms with Gasteiger partial charge in [0.2, 0.25) is 0 Å². The Hall–Kier alpha value is -2.83. The summed E-state index contributed by atoms with van der Waals surface area (Å²) in [6, 6.07) is 8.82. The fraction of sp³-hybridized carbons (Fsp3) is 0.484. The lowest BCUT2D eigenvalue weighted by molar-refractivity contribution is 0.0538. The number of para-hydroxylation sites is 1. The molecule has 1 aromatic heterocycles. The highest BCUT2D eigenvalue weighted by Crippen LogP contribution is 2.29. The summed E-state index contributed by atoms with van der Waals surface area (Å²) in [5.74, 6) is 2.92. The highest BCUT2D eigenvalue weighted by Gasteiger charge is 2.13. The van der Waals surface area contributed by atoms with Gasteiger partial charge in [-0.25, -0.2) is 10.5 Å². The predicted molar refractivity (Wildman–Crippen MR) is 165 cm³/mol. The quantitative estimate of drug-likeness (QED) is 0.205. The van der Waals surface area contributed by atoms with Crippen molar-refractivity contribution in [3.8, 4) is 0 Å². The lowest BCUT2D eigenvalue weighted by Crippen LogP contribution is -2.22. The molecule has 1 aromatic carbocycles. The lowest BCUT2D eigenvalue weighted by Gasteiger charge is -2.14. The van der Waals surface area contributed by atoms with Crippen molar-refractivity contribution in [1.82, 2.24) is 10.5 Å². The molecule has 2 aromatic rings. The van der Waals surface area contributed by atoms with Crippen LogP contribution in [0.3, 0.4) is 0 Å². The molecular formula is C31H49ClN4O2. The van der Waals surface area contributed by atoms with E-state index in [2.05, 4.69) is 76.1 Å². The van der Waals surface area contributed by atoms with Crippen molar-refractivity contribution in [2.75, 3.05) is 17.7 Å². The molecule has 1 amide bonds. The number of nitrogens with zero attached hydrogens (tertiary/aromatic N) is 1. The maximum absolute atomic E-state index is 12.1. The Labute approximate surface area is 236 Å². The largest absolute Gasteiger partial charge is 0.353 e. The van der Waals surface area contributed by atoms with Crippen molar-refractivity contribution in [2.24, 2.45) is 17.8 Å². The molecule has 0 aliphatic heterocycles. The number of hydroxylamine groups is 1. The minimum atomic E-state index is -0.362. The van der Waals surface area contributed by atoms with Crippen molar-refractivity contribution in [3.63, 3.8) is 0 Å². The van der Waals surface area contributed by atoms with E-state index in [1.807, 2.05) is 19.9 Å². The molecule has 38 heavy (non-hydrogen) atoms. The normalized spacial score (nSPS) is 12.5. The molecule has 2 rings (SSSR count). The molecule has 0 bridgehead atoms. The first kappa shape index (κ1) is 35.2. The first-order valence-corrected chi connectivity index (χ1v) is 13.7. The number of anilines is 3. The number of halogens is 1. The van der Waals surface area contributed by atoms with Crippen LogP contribution in [-0.4, -0.2) is 18.0 Å². The van der Waals surface area contributed by atoms with E-state index < -0.39 is 0 Å². The molecule has 0 aliphatic carbocycles. The maximum atomic E-state index is 12.1. The smallest absolute Gasteiger partial charge is 0.276 e. The van der Waals surface area contributed by atoms with Crippen LogP contribution in [0, 0.1) is 17.8 Å². The van der Waals surface area contributed by atoms with E-state index >= 15 is 0 Å². The maximum Gasteiger partial charge on any atom is 0.276 e. The number of hydrogen-bond donors (Lipinski definition) is 3. The zero-order valence-electron chi connectivity index (χ0n) is 25.0. The summed E-state index contributed by atoms with van der Waals surface area (Å²) in [6.07, 6.45) is 5.96. The Morgan fingerprint density at radius 1 is 1.05 bits per heavy atom. The van der Waals surface area contributed by atoms with Gasteiger partial charge in [0.15, 0.2) is 0 Å². The van der Waals surface area contributed by atoms with Gasteiger partial charge in [0.05, 0.1) is 35.3 Å². The van der Waals surface area contributed by atoms with E-state index in [-0.39, 0.29) is 5.91 Å². The van der Waals surface area contributed by atoms with Crippen LogP contribution < -0.4 is 16.1 Å². The monoisotopic (exact) mass is 544 g/mol. The Bertz CT molecular complexity index is 1010. The molecule has 3 N–H and O–H groups in total. The average molecular weight is 545 g/mol. The molecule has 1 heterocycles. The van der Waals surface area contributed by atoms with E-state index in [9.17, 15) is 4.79 Å². The van der Waals surface area contributed by atoms with Crippen LogP contribution in [0.25, 0.3) is 0 Å². The first-order chi connectivity index (χ1) is 17.9. The first-order valence-electron chi connectivity index (χ1n) is 13.3. The fourth-order valence-corrected chi connectivity index (χ4v) is 3.08. The van der Waals surface area contributed by atoms with Gasteiger partial charge >= 0.3 is 0 Å². The van der Waals surface area contributed by atoms with Gasteiger partial charge in [0.25, 0.3) is 5.91 Å². The lowest BCUT2D eigenvalue weighted by atomic mass is 9.92. The van der Waals surface area contributed by atoms with Gasteiger partial charge in [-0.1, -0.05) is 97.7 Å². The second-order valence-electron chi connectivity index (χ2n) is 10.00. The summed E-state index contributed by atoms with van der Waals surface area (Å²) in [5, 5.41) is 6.81. The molecule has 0 saturated carbocycles. The van der Waals surface area contributed by atoms with Crippen molar-refractivity contribution in [3.05, 3.63) is 71.0 Å². The third kappa shape index (κ3) is 13.6. The van der Waals surface area contributed by atoms with Crippen LogP contribution in [0.15, 0.2) is 60.5 Å². The van der Waals surface area contributed by atoms with E-state index in [1.165, 1.54) is 20.0 Å². The fourth-order valence-electron chi connectivity index (χ4n) is 2.93. The van der Waals surface area contributed by atoms with Crippen molar-refractivity contribution >= 4 is 34.7 Å². The molecular weight excluding hydrogens is 496 g/mol. The van der Waals surface area contributed by atoms with E-state index in [0.29, 0.717) is 27.8 Å². The van der Waals surface area contributed by atoms with E-state index in [0.717, 1.165) is 29.0 Å². The number of rotatable bonds is 10. The molecule has 2 atom stereocenters. The number of amides is 1. The number of benzene rings is 1. The third-order valence-electron chi connectivity index (χ3n) is 5.96. The van der Waals surface area contributed by atoms with Crippen molar-refractivity contribution < 1.29 is 9.63 Å². The SMILES string of the molecule is C=C/C(C)=C(\C)Nc1cc(Nc2ccccc2C(=O)NOC)c(Cl)cn1.CC(C)C.CCC(C)C(C)CC. The summed E-state index contributed by atoms with van der Waals surface area (Å²) in [4.78, 5) is 21.1. The van der Waals surface area contributed by atoms with Gasteiger partial charge in [-0.2, -0.15) is 0 Å². The zero-order chi connectivity index (χ0) is 29.3. The standard InChI is InChI=1S/C19H21ClN4O2.C8H18.C4H10/c1-5-12(2)13(3)22-18-10-17(15(20)11-21-18)23-16-9-7-6-8-14(16)19(25)24-26-4;1-5-7(3)8(4)6-2;1-4(2)3/h5-11H,1H2,2-4H3,(H,24,25)(H2,21,22,23);7-8H,5-6H2,1-4H3;4H,1-3H3/b13-12+;;. The number of carbonyl (C=O) groups excluding carboxylic acids is 1. The van der Waals surface area contributed by atoms with Crippen LogP contribution in [0.5, 0.6) is 0 Å². The second kappa shape index (κ2) is 19.3. The van der Waals surface area contributed by atoms with Crippen molar-refractivity contribution in [1.29, 1.82) is 0 Å². The molecule has 2 unspecified atom stereocenters. The summed E-state index contributed by atoms with van der Waals surface area (Å²) < 4.78 is 0. The number of nitrogens with one attached hydrogen (secondary N) is 3. The van der Waals surface area contributed by atoms with Gasteiger partial charge in [-0.15, -0.1) is 0 Å². The van der Waals surface area contributed by atoms with E-state index in [1.54, 1.807) is 36.5 Å². The molecule has 6 nitrogen and oxygen atoms in total. The zero-order valence-corrected chi connectivity index (χ0v) is 25.8. The number of hydrogen-bond acceptors (Lipinski definition) is 5. The summed E-state index contributed by atoms with van der Waals surface area (Å²) in [6.45, 7) is 23.3. The summed E-state index contributed by atoms with van der Waals surface area (Å²) >= 11 is 6.26. The molecule has 0 spiro atoms. The predicted octanol–water partition coefficient (Wildman–Crippen LogP) is 9.40. The van der Waals surface area contributed by atoms with E-state index in [4.69, 9.17) is 16.4 Å². The molecule has 0 fully saturated rings. The van der Waals surface area contributed by atoms with Crippen LogP contribution in [0.2, 0.25) is 5.02 Å². The molecule has 212 valence electrons. The Morgan fingerprint density at radius 2 is 1.61 bits per heavy atom. The topological polar surface area (TPSA) is 75.3 Å². The number of pyridine rings is 1. The minimum absolute atomic E-state index is 0.362. The highest BCUT2D eigenvalue weighted by molar-refractivity contribution is 6.33. The summed E-state index contributed by atoms with van der Waals surface area (Å²) in [7, 11) is 1.38. The number of allylic oxidation sites excluding steroid dienone is 3. The van der Waals surface area contributed by atoms with Gasteiger partial charge in [0, 0.05) is 11.8 Å². The molecule has 0 aliphatic rings. The van der Waals surface area contributed by atoms with Gasteiger partial charge < -0.3 is 10.6 Å².